The quantitative estimate of drug-likeness (QED) is 0.748. The first-order chi connectivity index (χ1) is 10.1. The smallest absolute Gasteiger partial charge is 0.125 e. The maximum Gasteiger partial charge on any atom is 0.125 e. The summed E-state index contributed by atoms with van der Waals surface area (Å²) < 4.78 is 2.28. The topological polar surface area (TPSA) is 41.6 Å². The minimum atomic E-state index is 0.388. The van der Waals surface area contributed by atoms with E-state index in [9.17, 15) is 5.26 Å². The molecular formula is C17H20ClN3. The third kappa shape index (κ3) is 2.53. The number of para-hydroxylation sites is 1. The second-order valence-electron chi connectivity index (χ2n) is 6.71. The van der Waals surface area contributed by atoms with Crippen LogP contribution in [0.2, 0.25) is 0 Å². The lowest BCUT2D eigenvalue weighted by Gasteiger charge is -2.35. The summed E-state index contributed by atoms with van der Waals surface area (Å²) in [4.78, 5) is 4.62. The summed E-state index contributed by atoms with van der Waals surface area (Å²) in [5.41, 5.74) is 2.91. The number of imidazole rings is 1. The van der Waals surface area contributed by atoms with Gasteiger partial charge in [-0.25, -0.2) is 4.98 Å². The molecule has 0 saturated heterocycles. The van der Waals surface area contributed by atoms with E-state index in [0.29, 0.717) is 22.9 Å². The highest BCUT2D eigenvalue weighted by atomic mass is 35.5. The molecule has 0 N–H and O–H groups in total. The molecule has 4 heteroatoms. The fourth-order valence-electron chi connectivity index (χ4n) is 3.40. The number of hydrogen-bond acceptors (Lipinski definition) is 2. The average Bonchev–Trinajstić information content (AvgIpc) is 2.86. The lowest BCUT2D eigenvalue weighted by Crippen LogP contribution is -2.24. The number of benzene rings is 1. The number of hydrogen-bond donors (Lipinski definition) is 0. The number of alkyl halides is 1. The molecule has 3 nitrogen and oxygen atoms in total. The number of rotatable bonds is 2. The Kier molecular flexibility index (Phi) is 3.67. The molecule has 0 amide bonds. The highest BCUT2D eigenvalue weighted by molar-refractivity contribution is 6.16. The van der Waals surface area contributed by atoms with Crippen LogP contribution in [0.4, 0.5) is 0 Å². The molecule has 1 heterocycles. The Bertz CT molecular complexity index is 699. The molecule has 1 aromatic heterocycles. The van der Waals surface area contributed by atoms with Crippen LogP contribution in [-0.4, -0.2) is 9.55 Å². The number of nitriles is 1. The van der Waals surface area contributed by atoms with Crippen LogP contribution in [0.25, 0.3) is 11.0 Å². The Hall–Kier alpha value is -1.53. The Morgan fingerprint density at radius 3 is 2.71 bits per heavy atom. The lowest BCUT2D eigenvalue weighted by atomic mass is 9.75. The maximum atomic E-state index is 9.26. The molecule has 0 spiro atoms. The zero-order chi connectivity index (χ0) is 15.0. The first-order valence-electron chi connectivity index (χ1n) is 7.51. The fraction of sp³-hybridized carbons (Fsp3) is 0.529. The van der Waals surface area contributed by atoms with Crippen molar-refractivity contribution in [2.24, 2.45) is 5.41 Å². The van der Waals surface area contributed by atoms with Crippen LogP contribution in [0.1, 0.15) is 57.0 Å². The molecule has 2 aromatic rings. The minimum Gasteiger partial charge on any atom is -0.324 e. The summed E-state index contributed by atoms with van der Waals surface area (Å²) in [7, 11) is 0. The Labute approximate surface area is 130 Å². The van der Waals surface area contributed by atoms with E-state index in [1.165, 1.54) is 12.8 Å². The van der Waals surface area contributed by atoms with E-state index in [0.717, 1.165) is 29.7 Å². The zero-order valence-corrected chi connectivity index (χ0v) is 13.3. The van der Waals surface area contributed by atoms with Gasteiger partial charge in [-0.1, -0.05) is 19.9 Å². The van der Waals surface area contributed by atoms with E-state index in [4.69, 9.17) is 11.6 Å². The van der Waals surface area contributed by atoms with Crippen molar-refractivity contribution in [2.45, 2.75) is 51.5 Å². The third-order valence-electron chi connectivity index (χ3n) is 4.71. The van der Waals surface area contributed by atoms with Gasteiger partial charge < -0.3 is 4.57 Å². The predicted molar refractivity (Wildman–Crippen MR) is 85.3 cm³/mol. The molecule has 1 aliphatic carbocycles. The van der Waals surface area contributed by atoms with Crippen LogP contribution in [0, 0.1) is 16.7 Å². The van der Waals surface area contributed by atoms with E-state index in [1.54, 1.807) is 0 Å². The van der Waals surface area contributed by atoms with E-state index in [1.807, 2.05) is 12.1 Å². The van der Waals surface area contributed by atoms with E-state index >= 15 is 0 Å². The van der Waals surface area contributed by atoms with Gasteiger partial charge in [-0.3, -0.25) is 0 Å². The highest BCUT2D eigenvalue weighted by Crippen LogP contribution is 2.41. The van der Waals surface area contributed by atoms with Crippen molar-refractivity contribution >= 4 is 22.6 Å². The molecule has 1 aliphatic rings. The fourth-order valence-corrected chi connectivity index (χ4v) is 3.59. The van der Waals surface area contributed by atoms with Crippen LogP contribution < -0.4 is 0 Å². The van der Waals surface area contributed by atoms with Crippen LogP contribution in [0.5, 0.6) is 0 Å². The summed E-state index contributed by atoms with van der Waals surface area (Å²) in [5.74, 6) is 1.28. The second-order valence-corrected chi connectivity index (χ2v) is 6.98. The first-order valence-corrected chi connectivity index (χ1v) is 8.05. The van der Waals surface area contributed by atoms with Gasteiger partial charge in [0, 0.05) is 6.04 Å². The van der Waals surface area contributed by atoms with Crippen molar-refractivity contribution in [3.63, 3.8) is 0 Å². The number of halogens is 1. The molecule has 0 unspecified atom stereocenters. The van der Waals surface area contributed by atoms with Gasteiger partial charge in [0.25, 0.3) is 0 Å². The van der Waals surface area contributed by atoms with Crippen molar-refractivity contribution in [3.05, 3.63) is 29.6 Å². The predicted octanol–water partition coefficient (Wildman–Crippen LogP) is 4.79. The number of fused-ring (bicyclic) bond motifs is 1. The highest BCUT2D eigenvalue weighted by Gasteiger charge is 2.29. The standard InChI is InChI=1S/C17H20ClN3/c1-17(2)8-6-13(7-9-17)21-14-5-3-4-12(11-19)16(14)20-15(21)10-18/h3-5,13H,6-10H2,1-2H3. The number of aromatic nitrogens is 2. The monoisotopic (exact) mass is 301 g/mol. The van der Waals surface area contributed by atoms with Crippen molar-refractivity contribution in [2.75, 3.05) is 0 Å². The van der Waals surface area contributed by atoms with Crippen molar-refractivity contribution < 1.29 is 0 Å². The van der Waals surface area contributed by atoms with Gasteiger partial charge in [0.05, 0.1) is 17.0 Å². The third-order valence-corrected chi connectivity index (χ3v) is 4.95. The van der Waals surface area contributed by atoms with Crippen molar-refractivity contribution in [3.8, 4) is 6.07 Å². The molecule has 110 valence electrons. The van der Waals surface area contributed by atoms with Gasteiger partial charge in [-0.05, 0) is 43.2 Å². The largest absolute Gasteiger partial charge is 0.324 e. The van der Waals surface area contributed by atoms with Crippen LogP contribution >= 0.6 is 11.6 Å². The molecule has 0 aliphatic heterocycles. The maximum absolute atomic E-state index is 9.26. The van der Waals surface area contributed by atoms with Crippen LogP contribution in [0.15, 0.2) is 18.2 Å². The molecule has 0 bridgehead atoms. The second kappa shape index (κ2) is 5.35. The SMILES string of the molecule is CC1(C)CCC(n2c(CCl)nc3c(C#N)cccc32)CC1. The van der Waals surface area contributed by atoms with Gasteiger partial charge in [-0.15, -0.1) is 11.6 Å². The zero-order valence-electron chi connectivity index (χ0n) is 12.6. The Morgan fingerprint density at radius 1 is 1.38 bits per heavy atom. The molecule has 21 heavy (non-hydrogen) atoms. The van der Waals surface area contributed by atoms with Gasteiger partial charge in [-0.2, -0.15) is 5.26 Å². The Morgan fingerprint density at radius 2 is 2.10 bits per heavy atom. The molecule has 0 radical (unpaired) electrons. The lowest BCUT2D eigenvalue weighted by molar-refractivity contribution is 0.194. The molecule has 1 fully saturated rings. The van der Waals surface area contributed by atoms with Crippen LogP contribution in [0.3, 0.4) is 0 Å². The first kappa shape index (κ1) is 14.4. The van der Waals surface area contributed by atoms with E-state index in [-0.39, 0.29) is 0 Å². The molecule has 1 aromatic carbocycles. The number of nitrogens with zero attached hydrogens (tertiary/aromatic N) is 3. The van der Waals surface area contributed by atoms with Crippen molar-refractivity contribution in [1.29, 1.82) is 5.26 Å². The van der Waals surface area contributed by atoms with E-state index in [2.05, 4.69) is 35.5 Å². The van der Waals surface area contributed by atoms with Gasteiger partial charge in [0.1, 0.15) is 17.4 Å². The molecule has 3 rings (SSSR count). The molecule has 1 saturated carbocycles. The van der Waals surface area contributed by atoms with Crippen molar-refractivity contribution in [1.82, 2.24) is 9.55 Å². The van der Waals surface area contributed by atoms with E-state index < -0.39 is 0 Å². The normalized spacial score (nSPS) is 18.8. The van der Waals surface area contributed by atoms with Crippen LogP contribution in [-0.2, 0) is 5.88 Å². The summed E-state index contributed by atoms with van der Waals surface area (Å²) in [6, 6.07) is 8.49. The molecule has 0 atom stereocenters. The summed E-state index contributed by atoms with van der Waals surface area (Å²) in [6.07, 6.45) is 4.74. The molecular weight excluding hydrogens is 282 g/mol. The van der Waals surface area contributed by atoms with Gasteiger partial charge >= 0.3 is 0 Å². The summed E-state index contributed by atoms with van der Waals surface area (Å²) in [5, 5.41) is 9.26. The Balaban J connectivity index is 2.08. The van der Waals surface area contributed by atoms with Gasteiger partial charge in [0.2, 0.25) is 0 Å². The average molecular weight is 302 g/mol. The summed E-state index contributed by atoms with van der Waals surface area (Å²) >= 11 is 6.11. The van der Waals surface area contributed by atoms with Gasteiger partial charge in [0.15, 0.2) is 0 Å². The minimum absolute atomic E-state index is 0.388. The summed E-state index contributed by atoms with van der Waals surface area (Å²) in [6.45, 7) is 4.68.